The van der Waals surface area contributed by atoms with Crippen LogP contribution in [0, 0.1) is 12.8 Å². The van der Waals surface area contributed by atoms with Gasteiger partial charge < -0.3 is 10.1 Å². The van der Waals surface area contributed by atoms with Crippen LogP contribution in [-0.4, -0.2) is 23.5 Å². The lowest BCUT2D eigenvalue weighted by Crippen LogP contribution is -2.33. The van der Waals surface area contributed by atoms with Crippen molar-refractivity contribution in [2.75, 3.05) is 0 Å². The van der Waals surface area contributed by atoms with E-state index >= 15 is 0 Å². The van der Waals surface area contributed by atoms with E-state index < -0.39 is 15.6 Å². The average Bonchev–Trinajstić information content (AvgIpc) is 3.15. The third kappa shape index (κ3) is 3.41. The Morgan fingerprint density at radius 1 is 1.15 bits per heavy atom. The third-order valence-electron chi connectivity index (χ3n) is 4.97. The molecule has 1 atom stereocenters. The fourth-order valence-corrected chi connectivity index (χ4v) is 4.21. The first kappa shape index (κ1) is 19.3. The Balaban J connectivity index is 2.07. The maximum Gasteiger partial charge on any atom is 0.238 e. The zero-order chi connectivity index (χ0) is 19.8. The highest BCUT2D eigenvalue weighted by molar-refractivity contribution is 7.89. The highest BCUT2D eigenvalue weighted by Gasteiger charge is 2.36. The summed E-state index contributed by atoms with van der Waals surface area (Å²) in [5, 5.41) is 16.6. The molecule has 3 aromatic rings. The predicted octanol–water partition coefficient (Wildman–Crippen LogP) is 2.92. The number of imidazole rings is 1. The summed E-state index contributed by atoms with van der Waals surface area (Å²) in [4.78, 5) is 7.13. The number of hydrogen-bond acceptors (Lipinski definition) is 4. The molecule has 1 unspecified atom stereocenters. The van der Waals surface area contributed by atoms with Gasteiger partial charge >= 0.3 is 0 Å². The molecule has 0 saturated carbocycles. The van der Waals surface area contributed by atoms with Crippen molar-refractivity contribution in [3.05, 3.63) is 71.8 Å². The Morgan fingerprint density at radius 3 is 2.33 bits per heavy atom. The molecule has 6 nitrogen and oxygen atoms in total. The molecule has 0 aliphatic heterocycles. The Kier molecular flexibility index (Phi) is 4.94. The number of nitrogens with one attached hydrogen (secondary N) is 1. The number of benzene rings is 2. The zero-order valence-corrected chi connectivity index (χ0v) is 16.3. The van der Waals surface area contributed by atoms with Crippen LogP contribution in [0.15, 0.2) is 59.9 Å². The number of primary sulfonamides is 1. The van der Waals surface area contributed by atoms with Crippen molar-refractivity contribution in [2.24, 2.45) is 11.1 Å². The molecule has 7 heteroatoms. The normalized spacial score (nSPS) is 14.3. The van der Waals surface area contributed by atoms with Gasteiger partial charge in [0.1, 0.15) is 5.60 Å². The maximum absolute atomic E-state index is 11.8. The highest BCUT2D eigenvalue weighted by atomic mass is 32.2. The Labute approximate surface area is 159 Å². The lowest BCUT2D eigenvalue weighted by molar-refractivity contribution is 0.0279. The number of H-pyrrole nitrogens is 1. The van der Waals surface area contributed by atoms with E-state index in [-0.39, 0.29) is 10.8 Å². The average molecular weight is 385 g/mol. The van der Waals surface area contributed by atoms with Crippen LogP contribution in [0.3, 0.4) is 0 Å². The van der Waals surface area contributed by atoms with Crippen molar-refractivity contribution in [1.29, 1.82) is 0 Å². The third-order valence-corrected chi connectivity index (χ3v) is 6.03. The molecule has 27 heavy (non-hydrogen) atoms. The van der Waals surface area contributed by atoms with E-state index in [0.29, 0.717) is 11.3 Å². The van der Waals surface area contributed by atoms with Crippen molar-refractivity contribution in [3.8, 4) is 11.1 Å². The van der Waals surface area contributed by atoms with Gasteiger partial charge in [-0.2, -0.15) is 0 Å². The van der Waals surface area contributed by atoms with Gasteiger partial charge in [0.05, 0.1) is 23.1 Å². The number of aromatic amines is 1. The molecular weight excluding hydrogens is 362 g/mol. The van der Waals surface area contributed by atoms with Gasteiger partial charge in [0.15, 0.2) is 0 Å². The van der Waals surface area contributed by atoms with Crippen LogP contribution in [0.4, 0.5) is 0 Å². The number of sulfonamides is 1. The topological polar surface area (TPSA) is 109 Å². The number of nitrogens with zero attached hydrogens (tertiary/aromatic N) is 1. The van der Waals surface area contributed by atoms with Crippen molar-refractivity contribution in [3.63, 3.8) is 0 Å². The van der Waals surface area contributed by atoms with Crippen molar-refractivity contribution >= 4 is 10.0 Å². The quantitative estimate of drug-likeness (QED) is 0.627. The van der Waals surface area contributed by atoms with Crippen LogP contribution in [0.25, 0.3) is 11.1 Å². The molecule has 0 fully saturated rings. The zero-order valence-electron chi connectivity index (χ0n) is 15.5. The largest absolute Gasteiger partial charge is 0.379 e. The van der Waals surface area contributed by atoms with Crippen LogP contribution < -0.4 is 5.14 Å². The van der Waals surface area contributed by atoms with E-state index in [1.807, 2.05) is 44.2 Å². The summed E-state index contributed by atoms with van der Waals surface area (Å²) < 4.78 is 23.5. The molecule has 0 amide bonds. The number of rotatable bonds is 5. The molecule has 0 radical (unpaired) electrons. The van der Waals surface area contributed by atoms with Crippen LogP contribution in [0.5, 0.6) is 0 Å². The summed E-state index contributed by atoms with van der Waals surface area (Å²) in [5.74, 6) is -0.0868. The predicted molar refractivity (Wildman–Crippen MR) is 104 cm³/mol. The molecule has 0 aliphatic carbocycles. The number of aromatic nitrogens is 2. The fourth-order valence-electron chi connectivity index (χ4n) is 3.40. The van der Waals surface area contributed by atoms with Gasteiger partial charge in [-0.1, -0.05) is 50.2 Å². The van der Waals surface area contributed by atoms with Gasteiger partial charge in [-0.25, -0.2) is 18.5 Å². The maximum atomic E-state index is 11.8. The molecule has 1 heterocycles. The molecule has 0 spiro atoms. The van der Waals surface area contributed by atoms with Gasteiger partial charge in [0.2, 0.25) is 10.0 Å². The van der Waals surface area contributed by atoms with Crippen molar-refractivity contribution in [2.45, 2.75) is 31.3 Å². The smallest absolute Gasteiger partial charge is 0.238 e. The minimum Gasteiger partial charge on any atom is -0.379 e. The van der Waals surface area contributed by atoms with Crippen LogP contribution in [0.2, 0.25) is 0 Å². The summed E-state index contributed by atoms with van der Waals surface area (Å²) in [6, 6.07) is 12.5. The molecule has 1 aromatic heterocycles. The SMILES string of the molecule is Cc1c(-c2ccc(C(O)(c3cnc[nH]3)C(C)C)cc2)cccc1S(N)(=O)=O. The van der Waals surface area contributed by atoms with Crippen LogP contribution in [-0.2, 0) is 15.6 Å². The Hall–Kier alpha value is -2.48. The molecule has 0 saturated heterocycles. The van der Waals surface area contributed by atoms with Crippen LogP contribution in [0.1, 0.15) is 30.7 Å². The lowest BCUT2D eigenvalue weighted by atomic mass is 9.80. The van der Waals surface area contributed by atoms with Crippen molar-refractivity contribution in [1.82, 2.24) is 9.97 Å². The lowest BCUT2D eigenvalue weighted by Gasteiger charge is -2.31. The van der Waals surface area contributed by atoms with E-state index in [0.717, 1.165) is 16.7 Å². The highest BCUT2D eigenvalue weighted by Crippen LogP contribution is 2.37. The first-order chi connectivity index (χ1) is 12.7. The minimum atomic E-state index is -3.79. The van der Waals surface area contributed by atoms with Gasteiger partial charge in [0, 0.05) is 0 Å². The summed E-state index contributed by atoms with van der Waals surface area (Å²) in [6.45, 7) is 5.61. The second-order valence-electron chi connectivity index (χ2n) is 6.94. The monoisotopic (exact) mass is 385 g/mol. The van der Waals surface area contributed by atoms with E-state index in [2.05, 4.69) is 9.97 Å². The summed E-state index contributed by atoms with van der Waals surface area (Å²) in [5.41, 5.74) is 2.37. The van der Waals surface area contributed by atoms with Gasteiger partial charge in [-0.05, 0) is 41.2 Å². The van der Waals surface area contributed by atoms with Crippen molar-refractivity contribution < 1.29 is 13.5 Å². The first-order valence-corrected chi connectivity index (χ1v) is 10.1. The second kappa shape index (κ2) is 6.92. The van der Waals surface area contributed by atoms with E-state index in [1.54, 1.807) is 25.5 Å². The summed E-state index contributed by atoms with van der Waals surface area (Å²) in [7, 11) is -3.79. The summed E-state index contributed by atoms with van der Waals surface area (Å²) >= 11 is 0. The minimum absolute atomic E-state index is 0.0868. The van der Waals surface area contributed by atoms with Crippen LogP contribution >= 0.6 is 0 Å². The molecular formula is C20H23N3O3S. The Morgan fingerprint density at radius 2 is 1.81 bits per heavy atom. The molecule has 3 rings (SSSR count). The number of nitrogens with two attached hydrogens (primary N) is 1. The van der Waals surface area contributed by atoms with Gasteiger partial charge in [-0.3, -0.25) is 0 Å². The molecule has 0 bridgehead atoms. The van der Waals surface area contributed by atoms with E-state index in [9.17, 15) is 13.5 Å². The Bertz CT molecular complexity index is 1040. The fraction of sp³-hybridized carbons (Fsp3) is 0.250. The molecule has 4 N–H and O–H groups in total. The molecule has 0 aliphatic rings. The number of hydrogen-bond donors (Lipinski definition) is 3. The molecule has 142 valence electrons. The first-order valence-electron chi connectivity index (χ1n) is 8.60. The van der Waals surface area contributed by atoms with E-state index in [1.165, 1.54) is 6.07 Å². The molecule has 2 aromatic carbocycles. The standard InChI is InChI=1S/C20H23N3O3S/c1-13(2)20(24,19-11-22-12-23-19)16-9-7-15(8-10-16)17-5-4-6-18(14(17)3)27(21,25)26/h4-13,24H,1-3H3,(H,22,23)(H2,21,25,26). The second-order valence-corrected chi connectivity index (χ2v) is 8.47. The van der Waals surface area contributed by atoms with Gasteiger partial charge in [-0.15, -0.1) is 0 Å². The van der Waals surface area contributed by atoms with E-state index in [4.69, 9.17) is 5.14 Å². The number of aliphatic hydroxyl groups is 1. The van der Waals surface area contributed by atoms with Gasteiger partial charge in [0.25, 0.3) is 0 Å². The summed E-state index contributed by atoms with van der Waals surface area (Å²) in [6.07, 6.45) is 3.16.